The van der Waals surface area contributed by atoms with E-state index in [2.05, 4.69) is 41.9 Å². The van der Waals surface area contributed by atoms with Crippen molar-refractivity contribution in [3.63, 3.8) is 0 Å². The summed E-state index contributed by atoms with van der Waals surface area (Å²) in [6, 6.07) is 2.14. The van der Waals surface area contributed by atoms with E-state index in [0.717, 1.165) is 6.42 Å². The number of hydrogen-bond acceptors (Lipinski definition) is 2. The molecule has 0 fully saturated rings. The predicted molar refractivity (Wildman–Crippen MR) is 64.1 cm³/mol. The Kier molecular flexibility index (Phi) is 4.16. The second kappa shape index (κ2) is 4.94. The molecule has 13 heavy (non-hydrogen) atoms. The van der Waals surface area contributed by atoms with Gasteiger partial charge in [-0.1, -0.05) is 12.5 Å². The van der Waals surface area contributed by atoms with Crippen LogP contribution in [0.4, 0.5) is 0 Å². The summed E-state index contributed by atoms with van der Waals surface area (Å²) in [6.45, 7) is 4.90. The Bertz CT molecular complexity index is 289. The highest BCUT2D eigenvalue weighted by Crippen LogP contribution is 2.28. The minimum atomic E-state index is 0.658. The van der Waals surface area contributed by atoms with Crippen molar-refractivity contribution >= 4 is 33.3 Å². The lowest BCUT2D eigenvalue weighted by Gasteiger charge is -1.97. The van der Waals surface area contributed by atoms with Gasteiger partial charge in [-0.05, 0) is 41.4 Å². The number of hydrogen-bond donors (Lipinski definition) is 1. The van der Waals surface area contributed by atoms with E-state index in [0.29, 0.717) is 6.54 Å². The molecule has 72 valence electrons. The maximum absolute atomic E-state index is 5.60. The van der Waals surface area contributed by atoms with E-state index in [1.54, 1.807) is 11.3 Å². The van der Waals surface area contributed by atoms with Crippen LogP contribution in [0.15, 0.2) is 16.1 Å². The van der Waals surface area contributed by atoms with Gasteiger partial charge in [-0.2, -0.15) is 0 Å². The maximum Gasteiger partial charge on any atom is 0.0317 e. The Morgan fingerprint density at radius 3 is 2.77 bits per heavy atom. The topological polar surface area (TPSA) is 26.0 Å². The summed E-state index contributed by atoms with van der Waals surface area (Å²) >= 11 is 5.29. The molecule has 3 heteroatoms. The molecule has 0 saturated carbocycles. The lowest BCUT2D eigenvalue weighted by atomic mass is 10.2. The molecule has 0 aromatic carbocycles. The summed E-state index contributed by atoms with van der Waals surface area (Å²) < 4.78 is 1.19. The lowest BCUT2D eigenvalue weighted by Crippen LogP contribution is -2.01. The zero-order valence-electron chi connectivity index (χ0n) is 7.93. The van der Waals surface area contributed by atoms with Crippen LogP contribution in [0, 0.1) is 6.92 Å². The molecule has 0 radical (unpaired) electrons. The Hall–Kier alpha value is -0.120. The quantitative estimate of drug-likeness (QED) is 0.883. The predicted octanol–water partition coefficient (Wildman–Crippen LogP) is 3.57. The van der Waals surface area contributed by atoms with Crippen molar-refractivity contribution in [1.29, 1.82) is 0 Å². The fraction of sp³-hybridized carbons (Fsp3) is 0.400. The van der Waals surface area contributed by atoms with Crippen LogP contribution in [0.3, 0.4) is 0 Å². The SMILES string of the molecule is CCC(=Cc1cc(Br)c(C)s1)CN. The first-order valence-electron chi connectivity index (χ1n) is 4.32. The Labute approximate surface area is 91.8 Å². The molecule has 0 amide bonds. The number of aryl methyl sites for hydroxylation is 1. The molecule has 0 atom stereocenters. The summed E-state index contributed by atoms with van der Waals surface area (Å²) in [6.07, 6.45) is 3.22. The average molecular weight is 260 g/mol. The number of thiophene rings is 1. The fourth-order valence-electron chi connectivity index (χ4n) is 1.06. The van der Waals surface area contributed by atoms with Gasteiger partial charge in [0.25, 0.3) is 0 Å². The van der Waals surface area contributed by atoms with Crippen molar-refractivity contribution in [2.45, 2.75) is 20.3 Å². The van der Waals surface area contributed by atoms with Gasteiger partial charge in [0.2, 0.25) is 0 Å². The molecule has 1 aromatic rings. The molecule has 0 aliphatic rings. The first-order valence-corrected chi connectivity index (χ1v) is 5.93. The number of halogens is 1. The molecule has 0 aliphatic carbocycles. The van der Waals surface area contributed by atoms with E-state index in [1.807, 2.05) is 0 Å². The standard InChI is InChI=1S/C10H14BrNS/c1-3-8(6-12)4-9-5-10(11)7(2)13-9/h4-5H,3,6,12H2,1-2H3. The lowest BCUT2D eigenvalue weighted by molar-refractivity contribution is 1.02. The van der Waals surface area contributed by atoms with Gasteiger partial charge in [0.1, 0.15) is 0 Å². The van der Waals surface area contributed by atoms with E-state index < -0.39 is 0 Å². The minimum absolute atomic E-state index is 0.658. The van der Waals surface area contributed by atoms with Crippen LogP contribution in [-0.4, -0.2) is 6.54 Å². The first kappa shape index (κ1) is 11.0. The third kappa shape index (κ3) is 2.93. The highest BCUT2D eigenvalue weighted by Gasteiger charge is 2.00. The van der Waals surface area contributed by atoms with E-state index in [4.69, 9.17) is 5.73 Å². The Balaban J connectivity index is 2.89. The van der Waals surface area contributed by atoms with Crippen LogP contribution in [-0.2, 0) is 0 Å². The molecule has 2 N–H and O–H groups in total. The molecule has 0 saturated heterocycles. The summed E-state index contributed by atoms with van der Waals surface area (Å²) in [7, 11) is 0. The van der Waals surface area contributed by atoms with Crippen molar-refractivity contribution in [2.75, 3.05) is 6.54 Å². The molecule has 1 heterocycles. The van der Waals surface area contributed by atoms with Crippen LogP contribution in [0.5, 0.6) is 0 Å². The molecule has 0 spiro atoms. The maximum atomic E-state index is 5.60. The van der Waals surface area contributed by atoms with E-state index in [1.165, 1.54) is 19.8 Å². The van der Waals surface area contributed by atoms with E-state index in [9.17, 15) is 0 Å². The van der Waals surface area contributed by atoms with Gasteiger partial charge in [-0.3, -0.25) is 0 Å². The van der Waals surface area contributed by atoms with E-state index >= 15 is 0 Å². The second-order valence-electron chi connectivity index (χ2n) is 2.91. The Morgan fingerprint density at radius 1 is 1.69 bits per heavy atom. The zero-order chi connectivity index (χ0) is 9.84. The normalized spacial score (nSPS) is 12.2. The number of rotatable bonds is 3. The summed E-state index contributed by atoms with van der Waals surface area (Å²) in [5.74, 6) is 0. The van der Waals surface area contributed by atoms with Crippen molar-refractivity contribution in [1.82, 2.24) is 0 Å². The molecule has 0 bridgehead atoms. The molecular formula is C10H14BrNS. The van der Waals surface area contributed by atoms with Gasteiger partial charge in [-0.25, -0.2) is 0 Å². The van der Waals surface area contributed by atoms with Crippen LogP contribution >= 0.6 is 27.3 Å². The van der Waals surface area contributed by atoms with Crippen LogP contribution in [0.2, 0.25) is 0 Å². The van der Waals surface area contributed by atoms with Crippen molar-refractivity contribution < 1.29 is 0 Å². The number of nitrogens with two attached hydrogens (primary N) is 1. The molecular weight excluding hydrogens is 246 g/mol. The minimum Gasteiger partial charge on any atom is -0.327 e. The van der Waals surface area contributed by atoms with Crippen molar-refractivity contribution in [3.8, 4) is 0 Å². The molecule has 1 rings (SSSR count). The third-order valence-electron chi connectivity index (χ3n) is 1.94. The third-order valence-corrected chi connectivity index (χ3v) is 4.02. The van der Waals surface area contributed by atoms with Gasteiger partial charge in [0, 0.05) is 20.8 Å². The molecule has 1 nitrogen and oxygen atoms in total. The van der Waals surface area contributed by atoms with Crippen LogP contribution in [0.1, 0.15) is 23.1 Å². The second-order valence-corrected chi connectivity index (χ2v) is 5.06. The first-order chi connectivity index (χ1) is 6.17. The molecule has 1 aromatic heterocycles. The van der Waals surface area contributed by atoms with Crippen LogP contribution in [0.25, 0.3) is 6.08 Å². The van der Waals surface area contributed by atoms with E-state index in [-0.39, 0.29) is 0 Å². The highest BCUT2D eigenvalue weighted by molar-refractivity contribution is 9.10. The van der Waals surface area contributed by atoms with Crippen molar-refractivity contribution in [3.05, 3.63) is 25.9 Å². The fourth-order valence-corrected chi connectivity index (χ4v) is 2.61. The average Bonchev–Trinajstić information content (AvgIpc) is 2.42. The van der Waals surface area contributed by atoms with Gasteiger partial charge in [-0.15, -0.1) is 11.3 Å². The van der Waals surface area contributed by atoms with Crippen LogP contribution < -0.4 is 5.73 Å². The van der Waals surface area contributed by atoms with Gasteiger partial charge in [0.05, 0.1) is 0 Å². The monoisotopic (exact) mass is 259 g/mol. The summed E-state index contributed by atoms with van der Waals surface area (Å²) in [5.41, 5.74) is 6.90. The molecule has 0 unspecified atom stereocenters. The van der Waals surface area contributed by atoms with Gasteiger partial charge >= 0.3 is 0 Å². The smallest absolute Gasteiger partial charge is 0.0317 e. The van der Waals surface area contributed by atoms with Gasteiger partial charge < -0.3 is 5.73 Å². The Morgan fingerprint density at radius 2 is 2.38 bits per heavy atom. The van der Waals surface area contributed by atoms with Crippen molar-refractivity contribution in [2.24, 2.45) is 5.73 Å². The molecule has 0 aliphatic heterocycles. The van der Waals surface area contributed by atoms with Gasteiger partial charge in [0.15, 0.2) is 0 Å². The summed E-state index contributed by atoms with van der Waals surface area (Å²) in [5, 5.41) is 0. The largest absolute Gasteiger partial charge is 0.327 e. The highest BCUT2D eigenvalue weighted by atomic mass is 79.9. The zero-order valence-corrected chi connectivity index (χ0v) is 10.3. The summed E-state index contributed by atoms with van der Waals surface area (Å²) in [4.78, 5) is 2.60.